The molecule has 5 rings (SSSR count). The van der Waals surface area contributed by atoms with Crippen LogP contribution in [0.25, 0.3) is 10.9 Å². The zero-order chi connectivity index (χ0) is 20.5. The molecule has 4 heterocycles. The Bertz CT molecular complexity index is 1030. The molecule has 2 aliphatic rings. The number of hydrogen-bond acceptors (Lipinski definition) is 6. The Morgan fingerprint density at radius 2 is 1.90 bits per heavy atom. The van der Waals surface area contributed by atoms with Gasteiger partial charge in [0.25, 0.3) is 0 Å². The fourth-order valence-electron chi connectivity index (χ4n) is 4.42. The highest BCUT2D eigenvalue weighted by Crippen LogP contribution is 2.36. The maximum Gasteiger partial charge on any atom is 0.225 e. The van der Waals surface area contributed by atoms with Crippen molar-refractivity contribution in [2.24, 2.45) is 7.05 Å². The van der Waals surface area contributed by atoms with Crippen molar-refractivity contribution in [3.05, 3.63) is 39.9 Å². The molecule has 30 heavy (non-hydrogen) atoms. The van der Waals surface area contributed by atoms with Crippen LogP contribution in [0.3, 0.4) is 0 Å². The summed E-state index contributed by atoms with van der Waals surface area (Å²) in [5.41, 5.74) is 2.28. The SMILES string of the molecule is Cn1cc(C2CCC(Oc3nc(N4CCOCC4)cc4ncc(I)cc34)CC2)cn1. The maximum absolute atomic E-state index is 6.51. The first-order chi connectivity index (χ1) is 14.7. The van der Waals surface area contributed by atoms with E-state index in [0.717, 1.165) is 72.3 Å². The summed E-state index contributed by atoms with van der Waals surface area (Å²) in [7, 11) is 1.98. The number of anilines is 1. The molecule has 0 unspecified atom stereocenters. The van der Waals surface area contributed by atoms with Crippen molar-refractivity contribution in [3.63, 3.8) is 0 Å². The average molecular weight is 519 g/mol. The fraction of sp³-hybridized carbons (Fsp3) is 0.500. The third-order valence-corrected chi connectivity index (χ3v) is 6.67. The molecule has 1 saturated heterocycles. The number of rotatable bonds is 4. The Morgan fingerprint density at radius 3 is 2.63 bits per heavy atom. The quantitative estimate of drug-likeness (QED) is 0.488. The number of halogens is 1. The molecule has 8 heteroatoms. The van der Waals surface area contributed by atoms with Crippen LogP contribution in [0.15, 0.2) is 30.7 Å². The molecule has 3 aromatic heterocycles. The maximum atomic E-state index is 6.51. The molecule has 0 bridgehead atoms. The van der Waals surface area contributed by atoms with Crippen molar-refractivity contribution in [2.75, 3.05) is 31.2 Å². The van der Waals surface area contributed by atoms with Gasteiger partial charge in [-0.1, -0.05) is 0 Å². The van der Waals surface area contributed by atoms with E-state index in [1.807, 2.05) is 24.1 Å². The van der Waals surface area contributed by atoms with Gasteiger partial charge in [0.05, 0.1) is 30.3 Å². The molecule has 0 N–H and O–H groups in total. The summed E-state index contributed by atoms with van der Waals surface area (Å²) >= 11 is 2.30. The van der Waals surface area contributed by atoms with Crippen molar-refractivity contribution >= 4 is 39.3 Å². The second-order valence-electron chi connectivity index (χ2n) is 8.14. The highest BCUT2D eigenvalue weighted by molar-refractivity contribution is 14.1. The Hall–Kier alpha value is -1.94. The number of aromatic nitrogens is 4. The highest BCUT2D eigenvalue weighted by atomic mass is 127. The van der Waals surface area contributed by atoms with Crippen LogP contribution in [0.2, 0.25) is 0 Å². The van der Waals surface area contributed by atoms with Crippen LogP contribution < -0.4 is 9.64 Å². The number of morpholine rings is 1. The molecule has 0 aromatic carbocycles. The summed E-state index contributed by atoms with van der Waals surface area (Å²) in [5.74, 6) is 2.22. The molecule has 1 aliphatic heterocycles. The normalized spacial score (nSPS) is 22.4. The number of ether oxygens (including phenoxy) is 2. The second-order valence-corrected chi connectivity index (χ2v) is 9.39. The lowest BCUT2D eigenvalue weighted by molar-refractivity contribution is 0.122. The minimum Gasteiger partial charge on any atom is -0.474 e. The van der Waals surface area contributed by atoms with Crippen molar-refractivity contribution < 1.29 is 9.47 Å². The fourth-order valence-corrected chi connectivity index (χ4v) is 4.87. The smallest absolute Gasteiger partial charge is 0.225 e. The highest BCUT2D eigenvalue weighted by Gasteiger charge is 2.26. The summed E-state index contributed by atoms with van der Waals surface area (Å²) in [6, 6.07) is 4.19. The standard InChI is InChI=1S/C22H26IN5O2/c1-27-14-16(12-25-27)15-2-4-18(5-3-15)30-22-19-10-17(23)13-24-20(19)11-21(26-22)28-6-8-29-9-7-28/h10-15,18H,2-9H2,1H3. The summed E-state index contributed by atoms with van der Waals surface area (Å²) < 4.78 is 15.0. The van der Waals surface area contributed by atoms with Crippen molar-refractivity contribution in [3.8, 4) is 5.88 Å². The molecule has 7 nitrogen and oxygen atoms in total. The van der Waals surface area contributed by atoms with E-state index in [4.69, 9.17) is 14.5 Å². The number of pyridine rings is 2. The minimum atomic E-state index is 0.187. The molecule has 0 spiro atoms. The summed E-state index contributed by atoms with van der Waals surface area (Å²) in [6.45, 7) is 3.15. The van der Waals surface area contributed by atoms with Gasteiger partial charge in [0.1, 0.15) is 11.9 Å². The number of fused-ring (bicyclic) bond motifs is 1. The zero-order valence-electron chi connectivity index (χ0n) is 17.1. The molecule has 0 amide bonds. The van der Waals surface area contributed by atoms with E-state index < -0.39 is 0 Å². The molecular weight excluding hydrogens is 493 g/mol. The van der Waals surface area contributed by atoms with Gasteiger partial charge in [-0.15, -0.1) is 0 Å². The summed E-state index contributed by atoms with van der Waals surface area (Å²) in [6.07, 6.45) is 10.5. The van der Waals surface area contributed by atoms with Gasteiger partial charge in [-0.05, 0) is 65.8 Å². The molecule has 158 valence electrons. The van der Waals surface area contributed by atoms with Crippen LogP contribution in [-0.2, 0) is 11.8 Å². The minimum absolute atomic E-state index is 0.187. The van der Waals surface area contributed by atoms with Crippen molar-refractivity contribution in [2.45, 2.75) is 37.7 Å². The third-order valence-electron chi connectivity index (χ3n) is 6.08. The molecule has 1 aliphatic carbocycles. The van der Waals surface area contributed by atoms with Crippen LogP contribution in [-0.4, -0.2) is 52.2 Å². The topological polar surface area (TPSA) is 65.3 Å². The van der Waals surface area contributed by atoms with Gasteiger partial charge in [-0.25, -0.2) is 0 Å². The Balaban J connectivity index is 1.37. The van der Waals surface area contributed by atoms with E-state index in [1.54, 1.807) is 0 Å². The van der Waals surface area contributed by atoms with E-state index in [-0.39, 0.29) is 6.10 Å². The van der Waals surface area contributed by atoms with Gasteiger partial charge in [-0.3, -0.25) is 9.67 Å². The Morgan fingerprint density at radius 1 is 1.10 bits per heavy atom. The molecule has 1 saturated carbocycles. The lowest BCUT2D eigenvalue weighted by Gasteiger charge is -2.30. The number of nitrogens with zero attached hydrogens (tertiary/aromatic N) is 5. The van der Waals surface area contributed by atoms with Crippen molar-refractivity contribution in [1.82, 2.24) is 19.7 Å². The molecule has 2 fully saturated rings. The predicted octanol–water partition coefficient (Wildman–Crippen LogP) is 3.91. The van der Waals surface area contributed by atoms with E-state index in [9.17, 15) is 0 Å². The van der Waals surface area contributed by atoms with Gasteiger partial charge < -0.3 is 14.4 Å². The van der Waals surface area contributed by atoms with E-state index >= 15 is 0 Å². The Labute approximate surface area is 189 Å². The molecule has 0 radical (unpaired) electrons. The zero-order valence-corrected chi connectivity index (χ0v) is 19.3. The predicted molar refractivity (Wildman–Crippen MR) is 124 cm³/mol. The first kappa shape index (κ1) is 20.0. The number of aryl methyl sites for hydroxylation is 1. The van der Waals surface area contributed by atoms with Crippen LogP contribution in [0.5, 0.6) is 5.88 Å². The van der Waals surface area contributed by atoms with E-state index in [1.165, 1.54) is 5.56 Å². The lowest BCUT2D eigenvalue weighted by atomic mass is 9.84. The van der Waals surface area contributed by atoms with Crippen LogP contribution in [0.1, 0.15) is 37.2 Å². The van der Waals surface area contributed by atoms with Crippen LogP contribution in [0, 0.1) is 3.57 Å². The van der Waals surface area contributed by atoms with Gasteiger partial charge in [0.2, 0.25) is 5.88 Å². The third kappa shape index (κ3) is 4.25. The Kier molecular flexibility index (Phi) is 5.77. The van der Waals surface area contributed by atoms with Crippen LogP contribution in [0.4, 0.5) is 5.82 Å². The molecule has 0 atom stereocenters. The largest absolute Gasteiger partial charge is 0.474 e. The monoisotopic (exact) mass is 519 g/mol. The summed E-state index contributed by atoms with van der Waals surface area (Å²) in [5, 5.41) is 5.32. The average Bonchev–Trinajstić information content (AvgIpc) is 3.21. The molecular formula is C22H26IN5O2. The first-order valence-electron chi connectivity index (χ1n) is 10.6. The van der Waals surface area contributed by atoms with Crippen molar-refractivity contribution in [1.29, 1.82) is 0 Å². The van der Waals surface area contributed by atoms with Gasteiger partial charge >= 0.3 is 0 Å². The number of hydrogen-bond donors (Lipinski definition) is 0. The summed E-state index contributed by atoms with van der Waals surface area (Å²) in [4.78, 5) is 11.8. The first-order valence-corrected chi connectivity index (χ1v) is 11.7. The lowest BCUT2D eigenvalue weighted by Crippen LogP contribution is -2.36. The van der Waals surface area contributed by atoms with E-state index in [0.29, 0.717) is 11.8 Å². The second kappa shape index (κ2) is 8.66. The van der Waals surface area contributed by atoms with Gasteiger partial charge in [-0.2, -0.15) is 10.1 Å². The van der Waals surface area contributed by atoms with Crippen LogP contribution >= 0.6 is 22.6 Å². The van der Waals surface area contributed by atoms with Gasteiger partial charge in [0, 0.05) is 42.2 Å². The van der Waals surface area contributed by atoms with Gasteiger partial charge in [0.15, 0.2) is 0 Å². The molecule has 3 aromatic rings. The van der Waals surface area contributed by atoms with E-state index in [2.05, 4.69) is 55.9 Å².